The van der Waals surface area contributed by atoms with E-state index in [1.165, 1.54) is 30.5 Å². The summed E-state index contributed by atoms with van der Waals surface area (Å²) in [5, 5.41) is 3.64. The molecule has 1 aromatic rings. The van der Waals surface area contributed by atoms with E-state index in [9.17, 15) is 0 Å². The van der Waals surface area contributed by atoms with E-state index >= 15 is 0 Å². The Morgan fingerprint density at radius 3 is 2.64 bits per heavy atom. The van der Waals surface area contributed by atoms with E-state index in [4.69, 9.17) is 0 Å². The Bertz CT molecular complexity index is 277. The lowest BCUT2D eigenvalue weighted by molar-refractivity contribution is 0.424. The highest BCUT2D eigenvalue weighted by molar-refractivity contribution is 5.56. The first-order chi connectivity index (χ1) is 6.85. The molecular weight excluding hydrogens is 170 g/mol. The molecule has 1 nitrogen and oxygen atoms in total. The molecular formula is C13H19N. The molecule has 0 fully saturated rings. The molecule has 2 rings (SSSR count). The van der Waals surface area contributed by atoms with Gasteiger partial charge < -0.3 is 5.32 Å². The highest BCUT2D eigenvalue weighted by Crippen LogP contribution is 2.30. The highest BCUT2D eigenvalue weighted by atomic mass is 15.0. The van der Waals surface area contributed by atoms with Crippen molar-refractivity contribution >= 4 is 5.69 Å². The Kier molecular flexibility index (Phi) is 2.76. The van der Waals surface area contributed by atoms with Gasteiger partial charge in [-0.3, -0.25) is 0 Å². The van der Waals surface area contributed by atoms with Crippen LogP contribution in [0.3, 0.4) is 0 Å². The number of hydrogen-bond acceptors (Lipinski definition) is 1. The zero-order valence-corrected chi connectivity index (χ0v) is 9.09. The summed E-state index contributed by atoms with van der Waals surface area (Å²) in [5.41, 5.74) is 2.84. The van der Waals surface area contributed by atoms with E-state index in [0.717, 1.165) is 5.92 Å². The van der Waals surface area contributed by atoms with Crippen molar-refractivity contribution in [1.82, 2.24) is 0 Å². The molecule has 1 unspecified atom stereocenters. The van der Waals surface area contributed by atoms with Gasteiger partial charge in [-0.2, -0.15) is 0 Å². The average molecular weight is 189 g/mol. The van der Waals surface area contributed by atoms with Crippen LogP contribution < -0.4 is 5.32 Å². The standard InChI is InChI=1S/C13H19N/c1-3-10(4-2)13-9-11-7-5-6-8-12(11)14-13/h5-8,10,13-14H,3-4,9H2,1-2H3. The Morgan fingerprint density at radius 2 is 2.00 bits per heavy atom. The minimum absolute atomic E-state index is 0.669. The van der Waals surface area contributed by atoms with Gasteiger partial charge in [0.25, 0.3) is 0 Å². The first-order valence-corrected chi connectivity index (χ1v) is 5.69. The van der Waals surface area contributed by atoms with Crippen LogP contribution in [0.15, 0.2) is 24.3 Å². The van der Waals surface area contributed by atoms with Crippen molar-refractivity contribution in [2.24, 2.45) is 5.92 Å². The molecule has 1 heteroatoms. The predicted molar refractivity (Wildman–Crippen MR) is 61.6 cm³/mol. The number of benzene rings is 1. The van der Waals surface area contributed by atoms with E-state index in [2.05, 4.69) is 43.4 Å². The summed E-state index contributed by atoms with van der Waals surface area (Å²) >= 11 is 0. The van der Waals surface area contributed by atoms with E-state index in [-0.39, 0.29) is 0 Å². The van der Waals surface area contributed by atoms with Gasteiger partial charge >= 0.3 is 0 Å². The monoisotopic (exact) mass is 189 g/mol. The highest BCUT2D eigenvalue weighted by Gasteiger charge is 2.25. The summed E-state index contributed by atoms with van der Waals surface area (Å²) in [4.78, 5) is 0. The van der Waals surface area contributed by atoms with Gasteiger partial charge in [0.1, 0.15) is 0 Å². The SMILES string of the molecule is CCC(CC)C1Cc2ccccc2N1. The smallest absolute Gasteiger partial charge is 0.0375 e. The molecule has 1 atom stereocenters. The maximum absolute atomic E-state index is 3.64. The second-order valence-corrected chi connectivity index (χ2v) is 4.19. The Balaban J connectivity index is 2.11. The maximum Gasteiger partial charge on any atom is 0.0375 e. The van der Waals surface area contributed by atoms with Crippen molar-refractivity contribution in [2.75, 3.05) is 5.32 Å². The minimum Gasteiger partial charge on any atom is -0.381 e. The average Bonchev–Trinajstić information content (AvgIpc) is 2.63. The van der Waals surface area contributed by atoms with Crippen LogP contribution >= 0.6 is 0 Å². The molecule has 0 aliphatic carbocycles. The third-order valence-electron chi connectivity index (χ3n) is 3.42. The molecule has 0 saturated carbocycles. The van der Waals surface area contributed by atoms with Crippen LogP contribution in [-0.2, 0) is 6.42 Å². The van der Waals surface area contributed by atoms with Gasteiger partial charge in [0.15, 0.2) is 0 Å². The van der Waals surface area contributed by atoms with E-state index in [1.807, 2.05) is 0 Å². The Morgan fingerprint density at radius 1 is 1.29 bits per heavy atom. The van der Waals surface area contributed by atoms with Crippen LogP contribution in [-0.4, -0.2) is 6.04 Å². The topological polar surface area (TPSA) is 12.0 Å². The third-order valence-corrected chi connectivity index (χ3v) is 3.42. The van der Waals surface area contributed by atoms with Crippen LogP contribution in [0.25, 0.3) is 0 Å². The molecule has 0 spiro atoms. The molecule has 76 valence electrons. The summed E-state index contributed by atoms with van der Waals surface area (Å²) in [6, 6.07) is 9.35. The predicted octanol–water partition coefficient (Wildman–Crippen LogP) is 3.46. The minimum atomic E-state index is 0.669. The third kappa shape index (κ3) is 1.63. The van der Waals surface area contributed by atoms with Crippen LogP contribution in [0.1, 0.15) is 32.3 Å². The van der Waals surface area contributed by atoms with Crippen LogP contribution in [0.4, 0.5) is 5.69 Å². The fourth-order valence-electron chi connectivity index (χ4n) is 2.47. The van der Waals surface area contributed by atoms with Crippen molar-refractivity contribution < 1.29 is 0 Å². The van der Waals surface area contributed by atoms with Gasteiger partial charge in [0.05, 0.1) is 0 Å². The van der Waals surface area contributed by atoms with E-state index in [1.54, 1.807) is 0 Å². The zero-order valence-electron chi connectivity index (χ0n) is 9.09. The summed E-state index contributed by atoms with van der Waals surface area (Å²) < 4.78 is 0. The fraction of sp³-hybridized carbons (Fsp3) is 0.538. The van der Waals surface area contributed by atoms with Crippen LogP contribution in [0.5, 0.6) is 0 Å². The first kappa shape index (κ1) is 9.57. The van der Waals surface area contributed by atoms with E-state index in [0.29, 0.717) is 6.04 Å². The summed E-state index contributed by atoms with van der Waals surface area (Å²) in [6.45, 7) is 4.58. The number of nitrogens with one attached hydrogen (secondary N) is 1. The van der Waals surface area contributed by atoms with Crippen molar-refractivity contribution in [3.05, 3.63) is 29.8 Å². The molecule has 0 saturated heterocycles. The molecule has 0 radical (unpaired) electrons. The van der Waals surface area contributed by atoms with Gasteiger partial charge in [0.2, 0.25) is 0 Å². The van der Waals surface area contributed by atoms with Crippen molar-refractivity contribution in [3.63, 3.8) is 0 Å². The van der Waals surface area contributed by atoms with Gasteiger partial charge in [0, 0.05) is 11.7 Å². The Hall–Kier alpha value is -0.980. The lowest BCUT2D eigenvalue weighted by Crippen LogP contribution is -2.25. The van der Waals surface area contributed by atoms with Gasteiger partial charge in [-0.05, 0) is 24.0 Å². The van der Waals surface area contributed by atoms with Gasteiger partial charge in [-0.15, -0.1) is 0 Å². The molecule has 1 N–H and O–H groups in total. The normalized spacial score (nSPS) is 19.5. The number of hydrogen-bond donors (Lipinski definition) is 1. The van der Waals surface area contributed by atoms with Crippen LogP contribution in [0.2, 0.25) is 0 Å². The zero-order chi connectivity index (χ0) is 9.97. The largest absolute Gasteiger partial charge is 0.381 e. The second-order valence-electron chi connectivity index (χ2n) is 4.19. The van der Waals surface area contributed by atoms with Crippen molar-refractivity contribution in [1.29, 1.82) is 0 Å². The molecule has 0 bridgehead atoms. The van der Waals surface area contributed by atoms with Crippen molar-refractivity contribution in [2.45, 2.75) is 39.2 Å². The number of rotatable bonds is 3. The molecule has 1 heterocycles. The lowest BCUT2D eigenvalue weighted by Gasteiger charge is -2.21. The number of anilines is 1. The molecule has 14 heavy (non-hydrogen) atoms. The number of fused-ring (bicyclic) bond motifs is 1. The number of para-hydroxylation sites is 1. The second kappa shape index (κ2) is 4.04. The molecule has 1 aliphatic heterocycles. The van der Waals surface area contributed by atoms with Gasteiger partial charge in [-0.1, -0.05) is 44.9 Å². The Labute approximate surface area is 86.5 Å². The van der Waals surface area contributed by atoms with Crippen molar-refractivity contribution in [3.8, 4) is 0 Å². The maximum atomic E-state index is 3.64. The quantitative estimate of drug-likeness (QED) is 0.767. The van der Waals surface area contributed by atoms with Gasteiger partial charge in [-0.25, -0.2) is 0 Å². The molecule has 0 aromatic heterocycles. The molecule has 1 aromatic carbocycles. The fourth-order valence-corrected chi connectivity index (χ4v) is 2.47. The van der Waals surface area contributed by atoms with Crippen LogP contribution in [0, 0.1) is 5.92 Å². The lowest BCUT2D eigenvalue weighted by atomic mass is 9.92. The first-order valence-electron chi connectivity index (χ1n) is 5.69. The van der Waals surface area contributed by atoms with E-state index < -0.39 is 0 Å². The summed E-state index contributed by atoms with van der Waals surface area (Å²) in [7, 11) is 0. The molecule has 0 amide bonds. The summed E-state index contributed by atoms with van der Waals surface area (Å²) in [6.07, 6.45) is 3.77. The molecule has 1 aliphatic rings. The summed E-state index contributed by atoms with van der Waals surface area (Å²) in [5.74, 6) is 0.822.